The predicted molar refractivity (Wildman–Crippen MR) is 71.1 cm³/mol. The van der Waals surface area contributed by atoms with Crippen LogP contribution in [0.25, 0.3) is 0 Å². The maximum Gasteiger partial charge on any atom is 0.307 e. The van der Waals surface area contributed by atoms with Crippen molar-refractivity contribution >= 4 is 12.1 Å². The van der Waals surface area contributed by atoms with Crippen LogP contribution >= 0.6 is 0 Å². The molecule has 0 aliphatic heterocycles. The second kappa shape index (κ2) is 6.04. The number of carbonyl (C=O) groups excluding carboxylic acids is 1. The minimum Gasteiger partial charge on any atom is -0.466 e. The van der Waals surface area contributed by atoms with Crippen LogP contribution in [0.1, 0.15) is 41.3 Å². The average molecular weight is 260 g/mol. The average Bonchev–Trinajstić information content (AvgIpc) is 3.04. The third-order valence-electron chi connectivity index (χ3n) is 2.71. The highest BCUT2D eigenvalue weighted by Crippen LogP contribution is 2.19. The molecule has 19 heavy (non-hydrogen) atoms. The molecule has 0 spiro atoms. The molecule has 0 aliphatic rings. The van der Waals surface area contributed by atoms with E-state index in [0.717, 1.165) is 11.5 Å². The molecule has 100 valence electrons. The number of nitrogens with zero attached hydrogens (tertiary/aromatic N) is 1. The first-order valence-corrected chi connectivity index (χ1v) is 6.08. The molecule has 5 nitrogen and oxygen atoms in total. The summed E-state index contributed by atoms with van der Waals surface area (Å²) in [5.74, 6) is 1.92. The van der Waals surface area contributed by atoms with Gasteiger partial charge in [0.2, 0.25) is 0 Å². The Bertz CT molecular complexity index is 555. The van der Waals surface area contributed by atoms with Gasteiger partial charge in [-0.15, -0.1) is 0 Å². The summed E-state index contributed by atoms with van der Waals surface area (Å²) in [6, 6.07) is 7.12. The highest BCUT2D eigenvalue weighted by Gasteiger charge is 2.08. The predicted octanol–water partition coefficient (Wildman–Crippen LogP) is 3.09. The van der Waals surface area contributed by atoms with Crippen LogP contribution in [0.15, 0.2) is 44.5 Å². The van der Waals surface area contributed by atoms with Crippen LogP contribution in [0.3, 0.4) is 0 Å². The van der Waals surface area contributed by atoms with E-state index in [4.69, 9.17) is 8.83 Å². The number of rotatable bonds is 5. The summed E-state index contributed by atoms with van der Waals surface area (Å²) in [6.45, 7) is 3.95. The van der Waals surface area contributed by atoms with Gasteiger partial charge in [0.1, 0.15) is 11.5 Å². The van der Waals surface area contributed by atoms with E-state index >= 15 is 0 Å². The lowest BCUT2D eigenvalue weighted by molar-refractivity contribution is 0.0927. The van der Waals surface area contributed by atoms with E-state index in [0.29, 0.717) is 6.42 Å². The van der Waals surface area contributed by atoms with E-state index in [1.807, 2.05) is 26.0 Å². The quantitative estimate of drug-likeness (QED) is 0.663. The number of amides is 1. The Morgan fingerprint density at radius 1 is 1.47 bits per heavy atom. The Hall–Kier alpha value is -2.30. The van der Waals surface area contributed by atoms with Gasteiger partial charge >= 0.3 is 5.91 Å². The molecule has 2 rings (SSSR count). The van der Waals surface area contributed by atoms with Gasteiger partial charge in [0, 0.05) is 12.1 Å². The molecule has 0 bridgehead atoms. The van der Waals surface area contributed by atoms with Crippen LogP contribution in [0.2, 0.25) is 0 Å². The van der Waals surface area contributed by atoms with Gasteiger partial charge < -0.3 is 8.83 Å². The van der Waals surface area contributed by atoms with Gasteiger partial charge in [-0.05, 0) is 37.6 Å². The lowest BCUT2D eigenvalue weighted by atomic mass is 10.1. The van der Waals surface area contributed by atoms with Gasteiger partial charge in [0.05, 0.1) is 6.26 Å². The van der Waals surface area contributed by atoms with Crippen LogP contribution in [-0.4, -0.2) is 12.1 Å². The highest BCUT2D eigenvalue weighted by atomic mass is 16.3. The fourth-order valence-electron chi connectivity index (χ4n) is 1.61. The zero-order chi connectivity index (χ0) is 13.7. The van der Waals surface area contributed by atoms with Gasteiger partial charge in [0.15, 0.2) is 5.76 Å². The highest BCUT2D eigenvalue weighted by molar-refractivity contribution is 5.91. The van der Waals surface area contributed by atoms with Gasteiger partial charge in [-0.25, -0.2) is 5.43 Å². The molecule has 2 aromatic rings. The number of aryl methyl sites for hydroxylation is 1. The summed E-state index contributed by atoms with van der Waals surface area (Å²) < 4.78 is 10.5. The summed E-state index contributed by atoms with van der Waals surface area (Å²) >= 11 is 0. The van der Waals surface area contributed by atoms with Gasteiger partial charge in [-0.1, -0.05) is 6.92 Å². The summed E-state index contributed by atoms with van der Waals surface area (Å²) in [7, 11) is 0. The van der Waals surface area contributed by atoms with Crippen LogP contribution in [0.4, 0.5) is 0 Å². The number of hydrazone groups is 1. The molecule has 0 radical (unpaired) electrons. The maximum absolute atomic E-state index is 11.5. The Morgan fingerprint density at radius 2 is 2.32 bits per heavy atom. The van der Waals surface area contributed by atoms with E-state index in [2.05, 4.69) is 10.5 Å². The summed E-state index contributed by atoms with van der Waals surface area (Å²) in [5.41, 5.74) is 2.40. The van der Waals surface area contributed by atoms with Crippen molar-refractivity contribution in [3.05, 3.63) is 47.8 Å². The van der Waals surface area contributed by atoms with E-state index in [9.17, 15) is 4.79 Å². The van der Waals surface area contributed by atoms with Crippen LogP contribution in [0, 0.1) is 6.92 Å². The van der Waals surface area contributed by atoms with E-state index in [1.165, 1.54) is 6.26 Å². The molecule has 1 N–H and O–H groups in total. The second-order valence-electron chi connectivity index (χ2n) is 4.32. The van der Waals surface area contributed by atoms with E-state index < -0.39 is 0 Å². The normalized spacial score (nSPS) is 12.7. The van der Waals surface area contributed by atoms with Crippen molar-refractivity contribution in [1.82, 2.24) is 5.43 Å². The largest absolute Gasteiger partial charge is 0.466 e. The first-order valence-electron chi connectivity index (χ1n) is 6.08. The second-order valence-corrected chi connectivity index (χ2v) is 4.32. The van der Waals surface area contributed by atoms with Gasteiger partial charge in [-0.2, -0.15) is 5.10 Å². The molecule has 0 saturated carbocycles. The molecule has 0 saturated heterocycles. The van der Waals surface area contributed by atoms with E-state index in [1.54, 1.807) is 18.3 Å². The number of nitrogens with one attached hydrogen (secondary N) is 1. The summed E-state index contributed by atoms with van der Waals surface area (Å²) in [4.78, 5) is 11.5. The number of carbonyl (C=O) groups is 1. The Labute approximate surface area is 111 Å². The van der Waals surface area contributed by atoms with Crippen molar-refractivity contribution in [2.24, 2.45) is 5.10 Å². The minimum absolute atomic E-state index is 0.220. The monoisotopic (exact) mass is 260 g/mol. The molecule has 2 aromatic heterocycles. The molecule has 5 heteroatoms. The lowest BCUT2D eigenvalue weighted by Crippen LogP contribution is -2.16. The third-order valence-corrected chi connectivity index (χ3v) is 2.71. The molecule has 1 atom stereocenters. The first-order chi connectivity index (χ1) is 9.16. The maximum atomic E-state index is 11.5. The van der Waals surface area contributed by atoms with Crippen molar-refractivity contribution in [2.75, 3.05) is 0 Å². The lowest BCUT2D eigenvalue weighted by Gasteiger charge is -2.03. The Balaban J connectivity index is 1.79. The molecule has 2 heterocycles. The van der Waals surface area contributed by atoms with Crippen molar-refractivity contribution < 1.29 is 13.6 Å². The molecule has 0 aromatic carbocycles. The molecule has 1 unspecified atom stereocenters. The summed E-state index contributed by atoms with van der Waals surface area (Å²) in [5, 5.41) is 3.87. The zero-order valence-corrected chi connectivity index (χ0v) is 10.9. The standard InChI is InChI=1S/C14H16N2O3/c1-10(12-6-5-11(2)19-12)7-8-15-16-14(17)13-4-3-9-18-13/h3-6,8-10H,7H2,1-2H3,(H,16,17)/b15-8+. The number of furan rings is 2. The topological polar surface area (TPSA) is 67.7 Å². The van der Waals surface area contributed by atoms with Crippen molar-refractivity contribution in [3.8, 4) is 0 Å². The third kappa shape index (κ3) is 3.58. The molecule has 1 amide bonds. The summed E-state index contributed by atoms with van der Waals surface area (Å²) in [6.07, 6.45) is 3.79. The minimum atomic E-state index is -0.359. The van der Waals surface area contributed by atoms with E-state index in [-0.39, 0.29) is 17.6 Å². The molecule has 0 fully saturated rings. The van der Waals surface area contributed by atoms with Crippen molar-refractivity contribution in [3.63, 3.8) is 0 Å². The van der Waals surface area contributed by atoms with Crippen LogP contribution in [0.5, 0.6) is 0 Å². The molecule has 0 aliphatic carbocycles. The van der Waals surface area contributed by atoms with Crippen molar-refractivity contribution in [1.29, 1.82) is 0 Å². The number of hydrogen-bond donors (Lipinski definition) is 1. The Kier molecular flexibility index (Phi) is 4.18. The number of hydrogen-bond acceptors (Lipinski definition) is 4. The van der Waals surface area contributed by atoms with Crippen LogP contribution < -0.4 is 5.43 Å². The zero-order valence-electron chi connectivity index (χ0n) is 10.9. The first kappa shape index (κ1) is 13.1. The fourth-order valence-corrected chi connectivity index (χ4v) is 1.61. The van der Waals surface area contributed by atoms with Crippen LogP contribution in [-0.2, 0) is 0 Å². The smallest absolute Gasteiger partial charge is 0.307 e. The SMILES string of the molecule is Cc1ccc(C(C)C/C=N/NC(=O)c2ccco2)o1. The molecular formula is C14H16N2O3. The fraction of sp³-hybridized carbons (Fsp3) is 0.286. The van der Waals surface area contributed by atoms with Gasteiger partial charge in [-0.3, -0.25) is 4.79 Å². The van der Waals surface area contributed by atoms with Gasteiger partial charge in [0.25, 0.3) is 0 Å². The molecular weight excluding hydrogens is 244 g/mol. The Morgan fingerprint density at radius 3 is 2.95 bits per heavy atom. The van der Waals surface area contributed by atoms with Crippen molar-refractivity contribution in [2.45, 2.75) is 26.2 Å².